The van der Waals surface area contributed by atoms with Crippen molar-refractivity contribution in [1.29, 1.82) is 0 Å². The minimum atomic E-state index is -0.962. The van der Waals surface area contributed by atoms with Crippen LogP contribution >= 0.6 is 0 Å². The number of rotatable bonds is 8. The maximum Gasteiger partial charge on any atom is 0.323 e. The van der Waals surface area contributed by atoms with E-state index >= 15 is 0 Å². The van der Waals surface area contributed by atoms with Gasteiger partial charge < -0.3 is 10.0 Å². The molecule has 4 nitrogen and oxygen atoms in total. The minimum Gasteiger partial charge on any atom is -0.480 e. The highest BCUT2D eigenvalue weighted by Gasteiger charge is 2.18. The first kappa shape index (κ1) is 16.2. The van der Waals surface area contributed by atoms with Gasteiger partial charge in [-0.15, -0.1) is 0 Å². The quantitative estimate of drug-likeness (QED) is 0.794. The normalized spacial score (nSPS) is 11.9. The summed E-state index contributed by atoms with van der Waals surface area (Å²) in [6, 6.07) is 9.79. The highest BCUT2D eigenvalue weighted by atomic mass is 16.4. The van der Waals surface area contributed by atoms with Crippen molar-refractivity contribution in [3.63, 3.8) is 0 Å². The SMILES string of the molecule is CCC(C)CC(=O)N(CCc1ccccc1)CC(=O)O. The van der Waals surface area contributed by atoms with Gasteiger partial charge >= 0.3 is 5.97 Å². The number of carbonyl (C=O) groups is 2. The number of carboxylic acid groups (broad SMARTS) is 1. The molecular formula is C16H23NO3. The van der Waals surface area contributed by atoms with Gasteiger partial charge in [0.05, 0.1) is 0 Å². The van der Waals surface area contributed by atoms with E-state index in [0.717, 1.165) is 12.0 Å². The molecule has 0 spiro atoms. The van der Waals surface area contributed by atoms with Crippen molar-refractivity contribution in [3.05, 3.63) is 35.9 Å². The van der Waals surface area contributed by atoms with Crippen molar-refractivity contribution in [3.8, 4) is 0 Å². The minimum absolute atomic E-state index is 0.0716. The predicted octanol–water partition coefficient (Wildman–Crippen LogP) is 2.58. The van der Waals surface area contributed by atoms with Crippen LogP contribution in [0.1, 0.15) is 32.3 Å². The van der Waals surface area contributed by atoms with Gasteiger partial charge in [0.25, 0.3) is 0 Å². The van der Waals surface area contributed by atoms with Gasteiger partial charge in [-0.05, 0) is 17.9 Å². The van der Waals surface area contributed by atoms with Crippen molar-refractivity contribution in [1.82, 2.24) is 4.90 Å². The topological polar surface area (TPSA) is 57.6 Å². The molecule has 1 aromatic carbocycles. The summed E-state index contributed by atoms with van der Waals surface area (Å²) in [4.78, 5) is 24.5. The lowest BCUT2D eigenvalue weighted by atomic mass is 10.0. The summed E-state index contributed by atoms with van der Waals surface area (Å²) in [5.74, 6) is -0.747. The lowest BCUT2D eigenvalue weighted by Crippen LogP contribution is -2.37. The zero-order chi connectivity index (χ0) is 15.0. The number of benzene rings is 1. The Kier molecular flexibility index (Phi) is 6.77. The maximum absolute atomic E-state index is 12.1. The molecule has 0 heterocycles. The molecule has 20 heavy (non-hydrogen) atoms. The summed E-state index contributed by atoms with van der Waals surface area (Å²) in [5, 5.41) is 8.93. The molecule has 1 amide bonds. The zero-order valence-corrected chi connectivity index (χ0v) is 12.2. The van der Waals surface area contributed by atoms with Crippen molar-refractivity contribution >= 4 is 11.9 Å². The van der Waals surface area contributed by atoms with Crippen molar-refractivity contribution < 1.29 is 14.7 Å². The van der Waals surface area contributed by atoms with E-state index in [0.29, 0.717) is 19.4 Å². The number of amides is 1. The summed E-state index contributed by atoms with van der Waals surface area (Å²) in [6.07, 6.45) is 2.02. The van der Waals surface area contributed by atoms with Crippen LogP contribution in [0, 0.1) is 5.92 Å². The van der Waals surface area contributed by atoms with Gasteiger partial charge in [-0.3, -0.25) is 9.59 Å². The summed E-state index contributed by atoms with van der Waals surface area (Å²) in [5.41, 5.74) is 1.11. The highest BCUT2D eigenvalue weighted by molar-refractivity contribution is 5.81. The zero-order valence-electron chi connectivity index (χ0n) is 12.2. The van der Waals surface area contributed by atoms with E-state index in [9.17, 15) is 9.59 Å². The fourth-order valence-corrected chi connectivity index (χ4v) is 1.94. The molecule has 1 rings (SSSR count). The third kappa shape index (κ3) is 5.87. The molecular weight excluding hydrogens is 254 g/mol. The number of hydrogen-bond donors (Lipinski definition) is 1. The van der Waals surface area contributed by atoms with E-state index in [1.807, 2.05) is 44.2 Å². The third-order valence-corrected chi connectivity index (χ3v) is 3.41. The molecule has 0 saturated heterocycles. The van der Waals surface area contributed by atoms with E-state index < -0.39 is 5.97 Å². The second-order valence-electron chi connectivity index (χ2n) is 5.16. The Morgan fingerprint density at radius 3 is 2.45 bits per heavy atom. The molecule has 1 unspecified atom stereocenters. The summed E-state index contributed by atoms with van der Waals surface area (Å²) in [6.45, 7) is 4.27. The molecule has 0 aromatic heterocycles. The van der Waals surface area contributed by atoms with Gasteiger partial charge in [0.2, 0.25) is 5.91 Å². The van der Waals surface area contributed by atoms with Crippen molar-refractivity contribution in [2.24, 2.45) is 5.92 Å². The fourth-order valence-electron chi connectivity index (χ4n) is 1.94. The molecule has 0 bridgehead atoms. The molecule has 110 valence electrons. The second-order valence-corrected chi connectivity index (χ2v) is 5.16. The molecule has 0 aliphatic carbocycles. The lowest BCUT2D eigenvalue weighted by Gasteiger charge is -2.22. The van der Waals surface area contributed by atoms with Crippen LogP contribution in [0.4, 0.5) is 0 Å². The molecule has 0 radical (unpaired) electrons. The van der Waals surface area contributed by atoms with Crippen LogP contribution in [0.3, 0.4) is 0 Å². The Morgan fingerprint density at radius 1 is 1.25 bits per heavy atom. The maximum atomic E-state index is 12.1. The second kappa shape index (κ2) is 8.35. The van der Waals surface area contributed by atoms with Gasteiger partial charge in [0.1, 0.15) is 6.54 Å². The van der Waals surface area contributed by atoms with Gasteiger partial charge in [-0.2, -0.15) is 0 Å². The lowest BCUT2D eigenvalue weighted by molar-refractivity contribution is -0.144. The average Bonchev–Trinajstić information content (AvgIpc) is 2.43. The summed E-state index contributed by atoms with van der Waals surface area (Å²) >= 11 is 0. The van der Waals surface area contributed by atoms with Crippen LogP contribution in [-0.2, 0) is 16.0 Å². The molecule has 4 heteroatoms. The van der Waals surface area contributed by atoms with E-state index in [4.69, 9.17) is 5.11 Å². The van der Waals surface area contributed by atoms with Crippen LogP contribution in [0.15, 0.2) is 30.3 Å². The van der Waals surface area contributed by atoms with Gasteiger partial charge in [0.15, 0.2) is 0 Å². The Balaban J connectivity index is 2.59. The first-order chi connectivity index (χ1) is 9.52. The Morgan fingerprint density at radius 2 is 1.90 bits per heavy atom. The smallest absolute Gasteiger partial charge is 0.323 e. The summed E-state index contributed by atoms with van der Waals surface area (Å²) in [7, 11) is 0. The van der Waals surface area contributed by atoms with Crippen LogP contribution in [0.25, 0.3) is 0 Å². The number of carbonyl (C=O) groups excluding carboxylic acids is 1. The fraction of sp³-hybridized carbons (Fsp3) is 0.500. The number of hydrogen-bond acceptors (Lipinski definition) is 2. The van der Waals surface area contributed by atoms with Crippen molar-refractivity contribution in [2.75, 3.05) is 13.1 Å². The third-order valence-electron chi connectivity index (χ3n) is 3.41. The van der Waals surface area contributed by atoms with Crippen LogP contribution in [-0.4, -0.2) is 35.0 Å². The Bertz CT molecular complexity index is 431. The molecule has 1 N–H and O–H groups in total. The van der Waals surface area contributed by atoms with Crippen LogP contribution in [0.5, 0.6) is 0 Å². The van der Waals surface area contributed by atoms with Gasteiger partial charge in [-0.1, -0.05) is 50.6 Å². The Hall–Kier alpha value is -1.84. The monoisotopic (exact) mass is 277 g/mol. The molecule has 0 aliphatic rings. The largest absolute Gasteiger partial charge is 0.480 e. The first-order valence-corrected chi connectivity index (χ1v) is 7.06. The van der Waals surface area contributed by atoms with Crippen LogP contribution < -0.4 is 0 Å². The van der Waals surface area contributed by atoms with E-state index in [2.05, 4.69) is 0 Å². The Labute approximate surface area is 120 Å². The predicted molar refractivity (Wildman–Crippen MR) is 78.4 cm³/mol. The number of carboxylic acids is 1. The van der Waals surface area contributed by atoms with E-state index in [1.165, 1.54) is 4.90 Å². The molecule has 1 atom stereocenters. The molecule has 1 aromatic rings. The van der Waals surface area contributed by atoms with Crippen molar-refractivity contribution in [2.45, 2.75) is 33.1 Å². The average molecular weight is 277 g/mol. The summed E-state index contributed by atoms with van der Waals surface area (Å²) < 4.78 is 0. The van der Waals surface area contributed by atoms with Gasteiger partial charge in [0, 0.05) is 13.0 Å². The standard InChI is InChI=1S/C16H23NO3/c1-3-13(2)11-15(18)17(12-16(19)20)10-9-14-7-5-4-6-8-14/h4-8,13H,3,9-12H2,1-2H3,(H,19,20). The van der Waals surface area contributed by atoms with Gasteiger partial charge in [-0.25, -0.2) is 0 Å². The van der Waals surface area contributed by atoms with E-state index in [-0.39, 0.29) is 18.4 Å². The molecule has 0 saturated carbocycles. The molecule has 0 aliphatic heterocycles. The number of aliphatic carboxylic acids is 1. The van der Waals surface area contributed by atoms with E-state index in [1.54, 1.807) is 0 Å². The number of nitrogens with zero attached hydrogens (tertiary/aromatic N) is 1. The molecule has 0 fully saturated rings. The van der Waals surface area contributed by atoms with Crippen LogP contribution in [0.2, 0.25) is 0 Å². The highest BCUT2D eigenvalue weighted by Crippen LogP contribution is 2.10. The first-order valence-electron chi connectivity index (χ1n) is 7.06.